The van der Waals surface area contributed by atoms with Crippen molar-refractivity contribution in [3.05, 3.63) is 23.0 Å². The summed E-state index contributed by atoms with van der Waals surface area (Å²) in [6, 6.07) is 1.79. The lowest BCUT2D eigenvalue weighted by Gasteiger charge is -2.20. The molecule has 2 N–H and O–H groups in total. The average molecular weight is 339 g/mol. The third-order valence-corrected chi connectivity index (χ3v) is 5.16. The second-order valence-electron chi connectivity index (χ2n) is 4.51. The molecule has 0 aromatic heterocycles. The van der Waals surface area contributed by atoms with Crippen LogP contribution in [-0.4, -0.2) is 39.4 Å². The van der Waals surface area contributed by atoms with Gasteiger partial charge in [0, 0.05) is 13.6 Å². The van der Waals surface area contributed by atoms with Crippen LogP contribution in [0.3, 0.4) is 0 Å². The van der Waals surface area contributed by atoms with Crippen molar-refractivity contribution < 1.29 is 22.3 Å². The summed E-state index contributed by atoms with van der Waals surface area (Å²) in [5.74, 6) is -2.00. The zero-order valence-electron chi connectivity index (χ0n) is 11.8. The van der Waals surface area contributed by atoms with Gasteiger partial charge in [-0.2, -0.15) is 0 Å². The van der Waals surface area contributed by atoms with Gasteiger partial charge in [-0.1, -0.05) is 18.5 Å². The standard InChI is InChI=1S/C12H16ClFN2O4S/c1-7(12(17)20-3)6-16(2)21(18,19)11-5-10(15)9(14)4-8(11)13/h4-5,7H,6,15H2,1-3H3. The number of sulfonamides is 1. The molecule has 1 rings (SSSR count). The zero-order valence-corrected chi connectivity index (χ0v) is 13.3. The SMILES string of the molecule is COC(=O)C(C)CN(C)S(=O)(=O)c1cc(N)c(F)cc1Cl. The van der Waals surface area contributed by atoms with Crippen molar-refractivity contribution in [3.8, 4) is 0 Å². The molecule has 1 aromatic rings. The molecule has 0 aliphatic rings. The lowest BCUT2D eigenvalue weighted by molar-refractivity contribution is -0.144. The Bertz CT molecular complexity index is 651. The van der Waals surface area contributed by atoms with Crippen LogP contribution in [0.25, 0.3) is 0 Å². The Morgan fingerprint density at radius 3 is 2.62 bits per heavy atom. The Morgan fingerprint density at radius 2 is 2.10 bits per heavy atom. The van der Waals surface area contributed by atoms with Crippen LogP contribution in [0.2, 0.25) is 5.02 Å². The van der Waals surface area contributed by atoms with Crippen molar-refractivity contribution in [2.75, 3.05) is 26.4 Å². The van der Waals surface area contributed by atoms with Crippen molar-refractivity contribution in [2.24, 2.45) is 5.92 Å². The lowest BCUT2D eigenvalue weighted by Crippen LogP contribution is -2.34. The first kappa shape index (κ1) is 17.7. The molecule has 1 atom stereocenters. The average Bonchev–Trinajstić information content (AvgIpc) is 2.41. The van der Waals surface area contributed by atoms with E-state index in [9.17, 15) is 17.6 Å². The number of nitrogens with two attached hydrogens (primary N) is 1. The Hall–Kier alpha value is -1.38. The number of methoxy groups -OCH3 is 1. The highest BCUT2D eigenvalue weighted by molar-refractivity contribution is 7.89. The maximum absolute atomic E-state index is 13.2. The molecule has 21 heavy (non-hydrogen) atoms. The summed E-state index contributed by atoms with van der Waals surface area (Å²) in [5, 5.41) is -0.278. The van der Waals surface area contributed by atoms with Gasteiger partial charge in [0.15, 0.2) is 0 Å². The van der Waals surface area contributed by atoms with Gasteiger partial charge < -0.3 is 10.5 Å². The summed E-state index contributed by atoms with van der Waals surface area (Å²) in [6.45, 7) is 1.42. The van der Waals surface area contributed by atoms with Crippen LogP contribution in [0.15, 0.2) is 17.0 Å². The first-order valence-corrected chi connectivity index (χ1v) is 7.71. The van der Waals surface area contributed by atoms with Gasteiger partial charge >= 0.3 is 5.97 Å². The molecule has 0 saturated heterocycles. The van der Waals surface area contributed by atoms with Crippen LogP contribution in [0.4, 0.5) is 10.1 Å². The van der Waals surface area contributed by atoms with Crippen molar-refractivity contribution in [1.29, 1.82) is 0 Å². The molecule has 0 aliphatic heterocycles. The number of benzene rings is 1. The third kappa shape index (κ3) is 3.84. The molecule has 0 heterocycles. The number of nitrogen functional groups attached to an aromatic ring is 1. The molecule has 1 aromatic carbocycles. The van der Waals surface area contributed by atoms with Crippen molar-refractivity contribution in [1.82, 2.24) is 4.31 Å². The smallest absolute Gasteiger partial charge is 0.309 e. The summed E-state index contributed by atoms with van der Waals surface area (Å²) in [5.41, 5.74) is 5.04. The van der Waals surface area contributed by atoms with E-state index in [1.54, 1.807) is 0 Å². The van der Waals surface area contributed by atoms with Crippen molar-refractivity contribution in [2.45, 2.75) is 11.8 Å². The largest absolute Gasteiger partial charge is 0.469 e. The summed E-state index contributed by atoms with van der Waals surface area (Å²) < 4.78 is 43.5. The number of carbonyl (C=O) groups excluding carboxylic acids is 1. The fraction of sp³-hybridized carbons (Fsp3) is 0.417. The minimum Gasteiger partial charge on any atom is -0.469 e. The molecule has 0 fully saturated rings. The highest BCUT2D eigenvalue weighted by atomic mass is 35.5. The highest BCUT2D eigenvalue weighted by Gasteiger charge is 2.28. The molecular weight excluding hydrogens is 323 g/mol. The number of hydrogen-bond donors (Lipinski definition) is 1. The normalized spacial score (nSPS) is 13.2. The van der Waals surface area contributed by atoms with Crippen LogP contribution in [0, 0.1) is 11.7 Å². The molecule has 118 valence electrons. The number of anilines is 1. The Labute approximate surface area is 127 Å². The fourth-order valence-corrected chi connectivity index (χ4v) is 3.45. The maximum Gasteiger partial charge on any atom is 0.309 e. The molecular formula is C12H16ClFN2O4S. The van der Waals surface area contributed by atoms with Crippen LogP contribution in [-0.2, 0) is 19.6 Å². The fourth-order valence-electron chi connectivity index (χ4n) is 1.67. The van der Waals surface area contributed by atoms with Gasteiger partial charge in [0.05, 0.1) is 23.7 Å². The Balaban J connectivity index is 3.11. The van der Waals surface area contributed by atoms with Gasteiger partial charge in [-0.05, 0) is 12.1 Å². The van der Waals surface area contributed by atoms with E-state index in [0.29, 0.717) is 0 Å². The van der Waals surface area contributed by atoms with E-state index in [0.717, 1.165) is 16.4 Å². The molecule has 9 heteroatoms. The van der Waals surface area contributed by atoms with Crippen LogP contribution < -0.4 is 5.73 Å². The predicted octanol–water partition coefficient (Wildman–Crippen LogP) is 1.49. The number of halogens is 2. The summed E-state index contributed by atoms with van der Waals surface area (Å²) in [6.07, 6.45) is 0. The number of rotatable bonds is 5. The van der Waals surface area contributed by atoms with E-state index in [1.807, 2.05) is 0 Å². The van der Waals surface area contributed by atoms with Gasteiger partial charge in [0.1, 0.15) is 10.7 Å². The lowest BCUT2D eigenvalue weighted by atomic mass is 10.2. The van der Waals surface area contributed by atoms with Crippen molar-refractivity contribution in [3.63, 3.8) is 0 Å². The molecule has 0 aliphatic carbocycles. The van der Waals surface area contributed by atoms with E-state index in [1.165, 1.54) is 21.1 Å². The molecule has 1 unspecified atom stereocenters. The minimum absolute atomic E-state index is 0.109. The monoisotopic (exact) mass is 338 g/mol. The number of hydrogen-bond acceptors (Lipinski definition) is 5. The predicted molar refractivity (Wildman–Crippen MR) is 76.8 cm³/mol. The molecule has 0 spiro atoms. The van der Waals surface area contributed by atoms with Gasteiger partial charge in [-0.15, -0.1) is 0 Å². The molecule has 0 amide bonds. The Morgan fingerprint density at radius 1 is 1.52 bits per heavy atom. The van der Waals surface area contributed by atoms with Crippen LogP contribution >= 0.6 is 11.6 Å². The van der Waals surface area contributed by atoms with Gasteiger partial charge in [-0.25, -0.2) is 17.1 Å². The topological polar surface area (TPSA) is 89.7 Å². The summed E-state index contributed by atoms with van der Waals surface area (Å²) >= 11 is 5.76. The molecule has 0 bridgehead atoms. The third-order valence-electron chi connectivity index (χ3n) is 2.87. The second-order valence-corrected chi connectivity index (χ2v) is 6.93. The molecule has 0 radical (unpaired) electrons. The van der Waals surface area contributed by atoms with E-state index < -0.39 is 27.7 Å². The maximum atomic E-state index is 13.2. The number of esters is 1. The summed E-state index contributed by atoms with van der Waals surface area (Å²) in [7, 11) is -1.50. The van der Waals surface area contributed by atoms with Gasteiger partial charge in [0.2, 0.25) is 10.0 Å². The molecule has 0 saturated carbocycles. The van der Waals surface area contributed by atoms with Crippen LogP contribution in [0.1, 0.15) is 6.92 Å². The van der Waals surface area contributed by atoms with Crippen LogP contribution in [0.5, 0.6) is 0 Å². The number of carbonyl (C=O) groups is 1. The first-order valence-electron chi connectivity index (χ1n) is 5.90. The minimum atomic E-state index is -4.00. The quantitative estimate of drug-likeness (QED) is 0.649. The Kier molecular flexibility index (Phi) is 5.54. The molecule has 6 nitrogen and oxygen atoms in total. The van der Waals surface area contributed by atoms with E-state index in [-0.39, 0.29) is 22.2 Å². The number of nitrogens with zero attached hydrogens (tertiary/aromatic N) is 1. The second kappa shape index (κ2) is 6.59. The van der Waals surface area contributed by atoms with E-state index in [2.05, 4.69) is 4.74 Å². The number of ether oxygens (including phenoxy) is 1. The van der Waals surface area contributed by atoms with E-state index >= 15 is 0 Å². The van der Waals surface area contributed by atoms with Gasteiger partial charge in [0.25, 0.3) is 0 Å². The summed E-state index contributed by atoms with van der Waals surface area (Å²) in [4.78, 5) is 11.0. The first-order chi connectivity index (χ1) is 9.61. The highest BCUT2D eigenvalue weighted by Crippen LogP contribution is 2.28. The van der Waals surface area contributed by atoms with E-state index in [4.69, 9.17) is 17.3 Å². The van der Waals surface area contributed by atoms with Crippen molar-refractivity contribution >= 4 is 33.3 Å². The van der Waals surface area contributed by atoms with Gasteiger partial charge in [-0.3, -0.25) is 4.79 Å². The zero-order chi connectivity index (χ0) is 16.4.